The van der Waals surface area contributed by atoms with E-state index < -0.39 is 28.3 Å². The van der Waals surface area contributed by atoms with Crippen LogP contribution in [-0.2, 0) is 0 Å². The highest BCUT2D eigenvalue weighted by atomic mass is 19.1. The molecule has 0 saturated carbocycles. The second-order valence-electron chi connectivity index (χ2n) is 2.87. The van der Waals surface area contributed by atoms with Crippen LogP contribution in [-0.4, -0.2) is 4.92 Å². The lowest BCUT2D eigenvalue weighted by atomic mass is 10.1. The summed E-state index contributed by atoms with van der Waals surface area (Å²) in [7, 11) is 0. The summed E-state index contributed by atoms with van der Waals surface area (Å²) in [6.45, 7) is 1.40. The van der Waals surface area contributed by atoms with Crippen molar-refractivity contribution in [3.05, 3.63) is 39.4 Å². The van der Waals surface area contributed by atoms with Crippen LogP contribution >= 0.6 is 0 Å². The third-order valence-corrected chi connectivity index (χ3v) is 1.73. The molecule has 0 aliphatic heterocycles. The molecule has 0 saturated heterocycles. The molecule has 0 radical (unpaired) electrons. The molecule has 1 aromatic rings. The van der Waals surface area contributed by atoms with E-state index in [-0.39, 0.29) is 5.56 Å². The third-order valence-electron chi connectivity index (χ3n) is 1.73. The Labute approximate surface area is 78.5 Å². The Bertz CT molecular complexity index is 357. The van der Waals surface area contributed by atoms with E-state index >= 15 is 0 Å². The lowest BCUT2D eigenvalue weighted by Crippen LogP contribution is -2.10. The Morgan fingerprint density at radius 2 is 1.86 bits per heavy atom. The SMILES string of the molecule is C[C@@H](N)c1c(F)cc([N+](=O)[O-])cc1F. The maximum atomic E-state index is 13.1. The van der Waals surface area contributed by atoms with Gasteiger partial charge >= 0.3 is 0 Å². The van der Waals surface area contributed by atoms with Crippen LogP contribution in [0.15, 0.2) is 12.1 Å². The standard InChI is InChI=1S/C8H8F2N2O2/c1-4(11)8-6(9)2-5(12(13)14)3-7(8)10/h2-4H,11H2,1H3/t4-/m1/s1. The number of hydrogen-bond acceptors (Lipinski definition) is 3. The summed E-state index contributed by atoms with van der Waals surface area (Å²) in [6.07, 6.45) is 0. The molecular weight excluding hydrogens is 194 g/mol. The number of benzene rings is 1. The van der Waals surface area contributed by atoms with Gasteiger partial charge < -0.3 is 5.73 Å². The Hall–Kier alpha value is -1.56. The molecule has 76 valence electrons. The number of nitrogens with two attached hydrogens (primary N) is 1. The molecule has 1 rings (SSSR count). The molecule has 0 amide bonds. The minimum absolute atomic E-state index is 0.337. The van der Waals surface area contributed by atoms with Crippen molar-refractivity contribution in [1.29, 1.82) is 0 Å². The van der Waals surface area contributed by atoms with Crippen molar-refractivity contribution in [3.63, 3.8) is 0 Å². The number of non-ortho nitro benzene ring substituents is 1. The van der Waals surface area contributed by atoms with Crippen molar-refractivity contribution in [2.45, 2.75) is 13.0 Å². The third kappa shape index (κ3) is 1.85. The lowest BCUT2D eigenvalue weighted by molar-refractivity contribution is -0.385. The fourth-order valence-corrected chi connectivity index (χ4v) is 1.11. The van der Waals surface area contributed by atoms with E-state index in [0.29, 0.717) is 12.1 Å². The molecular formula is C8H8F2N2O2. The highest BCUT2D eigenvalue weighted by Crippen LogP contribution is 2.24. The zero-order chi connectivity index (χ0) is 10.9. The van der Waals surface area contributed by atoms with Crippen LogP contribution < -0.4 is 5.73 Å². The van der Waals surface area contributed by atoms with Gasteiger partial charge in [0.05, 0.1) is 17.1 Å². The monoisotopic (exact) mass is 202 g/mol. The molecule has 6 heteroatoms. The first-order chi connectivity index (χ1) is 6.43. The van der Waals surface area contributed by atoms with E-state index in [2.05, 4.69) is 0 Å². The zero-order valence-electron chi connectivity index (χ0n) is 7.33. The van der Waals surface area contributed by atoms with Crippen molar-refractivity contribution in [2.75, 3.05) is 0 Å². The summed E-state index contributed by atoms with van der Waals surface area (Å²) >= 11 is 0. The second kappa shape index (κ2) is 3.67. The first-order valence-corrected chi connectivity index (χ1v) is 3.82. The van der Waals surface area contributed by atoms with Crippen molar-refractivity contribution < 1.29 is 13.7 Å². The molecule has 2 N–H and O–H groups in total. The summed E-state index contributed by atoms with van der Waals surface area (Å²) in [5, 5.41) is 10.2. The van der Waals surface area contributed by atoms with Crippen LogP contribution in [0, 0.1) is 21.7 Å². The average Bonchev–Trinajstić information content (AvgIpc) is 2.01. The van der Waals surface area contributed by atoms with Gasteiger partial charge in [0.2, 0.25) is 0 Å². The van der Waals surface area contributed by atoms with Gasteiger partial charge in [0, 0.05) is 11.6 Å². The number of nitrogens with zero attached hydrogens (tertiary/aromatic N) is 1. The molecule has 0 unspecified atom stereocenters. The maximum Gasteiger partial charge on any atom is 0.275 e. The van der Waals surface area contributed by atoms with Gasteiger partial charge in [-0.15, -0.1) is 0 Å². The topological polar surface area (TPSA) is 69.2 Å². The summed E-state index contributed by atoms with van der Waals surface area (Å²) in [5.74, 6) is -1.99. The van der Waals surface area contributed by atoms with Gasteiger partial charge in [-0.3, -0.25) is 10.1 Å². The molecule has 0 fully saturated rings. The van der Waals surface area contributed by atoms with E-state index in [1.165, 1.54) is 6.92 Å². The molecule has 1 atom stereocenters. The van der Waals surface area contributed by atoms with Crippen LogP contribution in [0.1, 0.15) is 18.5 Å². The van der Waals surface area contributed by atoms with E-state index in [9.17, 15) is 18.9 Å². The highest BCUT2D eigenvalue weighted by Gasteiger charge is 2.18. The minimum atomic E-state index is -0.994. The number of nitro groups is 1. The Balaban J connectivity index is 3.32. The Morgan fingerprint density at radius 1 is 1.43 bits per heavy atom. The van der Waals surface area contributed by atoms with E-state index in [4.69, 9.17) is 5.73 Å². The smallest absolute Gasteiger partial charge is 0.275 e. The molecule has 14 heavy (non-hydrogen) atoms. The van der Waals surface area contributed by atoms with Gasteiger partial charge in [0.15, 0.2) is 0 Å². The van der Waals surface area contributed by atoms with Gasteiger partial charge in [-0.25, -0.2) is 8.78 Å². The number of hydrogen-bond donors (Lipinski definition) is 1. The Kier molecular flexibility index (Phi) is 2.76. The van der Waals surface area contributed by atoms with Crippen molar-refractivity contribution >= 4 is 5.69 Å². The van der Waals surface area contributed by atoms with Crippen molar-refractivity contribution in [3.8, 4) is 0 Å². The van der Waals surface area contributed by atoms with E-state index in [1.54, 1.807) is 0 Å². The van der Waals surface area contributed by atoms with E-state index in [0.717, 1.165) is 0 Å². The number of nitro benzene ring substituents is 1. The van der Waals surface area contributed by atoms with Crippen LogP contribution in [0.2, 0.25) is 0 Å². The predicted octanol–water partition coefficient (Wildman–Crippen LogP) is 1.89. The first kappa shape index (κ1) is 10.5. The molecule has 4 nitrogen and oxygen atoms in total. The zero-order valence-corrected chi connectivity index (χ0v) is 7.33. The van der Waals surface area contributed by atoms with Crippen LogP contribution in [0.25, 0.3) is 0 Å². The minimum Gasteiger partial charge on any atom is -0.324 e. The van der Waals surface area contributed by atoms with Crippen LogP contribution in [0.3, 0.4) is 0 Å². The maximum absolute atomic E-state index is 13.1. The van der Waals surface area contributed by atoms with Gasteiger partial charge in [0.25, 0.3) is 5.69 Å². The molecule has 0 heterocycles. The highest BCUT2D eigenvalue weighted by molar-refractivity contribution is 5.36. The number of halogens is 2. The molecule has 0 aromatic heterocycles. The summed E-state index contributed by atoms with van der Waals surface area (Å²) < 4.78 is 26.2. The normalized spacial score (nSPS) is 12.6. The average molecular weight is 202 g/mol. The first-order valence-electron chi connectivity index (χ1n) is 3.82. The fraction of sp³-hybridized carbons (Fsp3) is 0.250. The predicted molar refractivity (Wildman–Crippen MR) is 45.6 cm³/mol. The van der Waals surface area contributed by atoms with Gasteiger partial charge in [-0.1, -0.05) is 0 Å². The van der Waals surface area contributed by atoms with Crippen LogP contribution in [0.5, 0.6) is 0 Å². The van der Waals surface area contributed by atoms with Gasteiger partial charge in [0.1, 0.15) is 11.6 Å². The lowest BCUT2D eigenvalue weighted by Gasteiger charge is -2.07. The molecule has 0 bridgehead atoms. The second-order valence-corrected chi connectivity index (χ2v) is 2.87. The van der Waals surface area contributed by atoms with E-state index in [1.807, 2.05) is 0 Å². The van der Waals surface area contributed by atoms with Gasteiger partial charge in [-0.05, 0) is 6.92 Å². The van der Waals surface area contributed by atoms with Crippen LogP contribution in [0.4, 0.5) is 14.5 Å². The quantitative estimate of drug-likeness (QED) is 0.588. The van der Waals surface area contributed by atoms with Gasteiger partial charge in [-0.2, -0.15) is 0 Å². The van der Waals surface area contributed by atoms with Crippen molar-refractivity contribution in [2.24, 2.45) is 5.73 Å². The molecule has 1 aromatic carbocycles. The summed E-state index contributed by atoms with van der Waals surface area (Å²) in [6, 6.07) is 0.472. The van der Waals surface area contributed by atoms with Crippen molar-refractivity contribution in [1.82, 2.24) is 0 Å². The largest absolute Gasteiger partial charge is 0.324 e. The molecule has 0 aliphatic carbocycles. The molecule has 0 aliphatic rings. The fourth-order valence-electron chi connectivity index (χ4n) is 1.11. The summed E-state index contributed by atoms with van der Waals surface area (Å²) in [5.41, 5.74) is 4.33. The molecule has 0 spiro atoms. The summed E-state index contributed by atoms with van der Waals surface area (Å²) in [4.78, 5) is 9.36. The number of rotatable bonds is 2. The Morgan fingerprint density at radius 3 is 2.14 bits per heavy atom.